The van der Waals surface area contributed by atoms with Gasteiger partial charge in [0.05, 0.1) is 6.61 Å². The number of nitrogens with zero attached hydrogens (tertiary/aromatic N) is 1. The summed E-state index contributed by atoms with van der Waals surface area (Å²) in [6.07, 6.45) is 22.8. The van der Waals surface area contributed by atoms with E-state index in [2.05, 4.69) is 25.9 Å². The maximum Gasteiger partial charge on any atom is 0.0593 e. The highest BCUT2D eigenvalue weighted by Gasteiger charge is 1.95. The molecule has 0 saturated carbocycles. The Bertz CT molecular complexity index is 224. The van der Waals surface area contributed by atoms with Gasteiger partial charge in [0.2, 0.25) is 0 Å². The molecule has 0 aliphatic rings. The van der Waals surface area contributed by atoms with E-state index in [0.29, 0.717) is 0 Å². The summed E-state index contributed by atoms with van der Waals surface area (Å²) in [5.74, 6) is 0. The zero-order valence-corrected chi connectivity index (χ0v) is 18.5. The summed E-state index contributed by atoms with van der Waals surface area (Å²) in [5, 5.41) is 0. The Morgan fingerprint density at radius 3 is 1.24 bits per heavy atom. The molecular formula is C22H48ClNO. The van der Waals surface area contributed by atoms with Gasteiger partial charge in [0.25, 0.3) is 0 Å². The molecule has 0 N–H and O–H groups in total. The summed E-state index contributed by atoms with van der Waals surface area (Å²) in [5.41, 5.74) is 0. The highest BCUT2D eigenvalue weighted by atomic mass is 35.5. The van der Waals surface area contributed by atoms with Crippen LogP contribution in [-0.4, -0.2) is 38.8 Å². The van der Waals surface area contributed by atoms with Gasteiger partial charge in [0.15, 0.2) is 0 Å². The summed E-state index contributed by atoms with van der Waals surface area (Å²) in [6, 6.07) is 0. The molecule has 0 bridgehead atoms. The first-order valence-corrected chi connectivity index (χ1v) is 11.0. The molecule has 0 rings (SSSR count). The van der Waals surface area contributed by atoms with E-state index in [9.17, 15) is 0 Å². The van der Waals surface area contributed by atoms with Gasteiger partial charge in [-0.2, -0.15) is 0 Å². The highest BCUT2D eigenvalue weighted by molar-refractivity contribution is 5.85. The van der Waals surface area contributed by atoms with E-state index in [0.717, 1.165) is 19.8 Å². The molecule has 0 radical (unpaired) electrons. The molecule has 0 amide bonds. The SMILES string of the molecule is CCCCCCCCCCCCCCCCCCOCCN(C)C.Cl. The van der Waals surface area contributed by atoms with Gasteiger partial charge in [0, 0.05) is 13.2 Å². The third-order valence-corrected chi connectivity index (χ3v) is 4.83. The largest absolute Gasteiger partial charge is 0.380 e. The van der Waals surface area contributed by atoms with E-state index in [1.165, 1.54) is 103 Å². The Morgan fingerprint density at radius 2 is 0.880 bits per heavy atom. The molecule has 0 saturated heterocycles. The minimum absolute atomic E-state index is 0. The van der Waals surface area contributed by atoms with Gasteiger partial charge >= 0.3 is 0 Å². The molecule has 0 atom stereocenters. The first-order chi connectivity index (χ1) is 11.8. The topological polar surface area (TPSA) is 12.5 Å². The van der Waals surface area contributed by atoms with Gasteiger partial charge in [-0.1, -0.05) is 103 Å². The monoisotopic (exact) mass is 377 g/mol. The number of unbranched alkanes of at least 4 members (excludes halogenated alkanes) is 15. The molecule has 3 heteroatoms. The molecule has 0 aliphatic carbocycles. The minimum Gasteiger partial charge on any atom is -0.380 e. The minimum atomic E-state index is 0. The van der Waals surface area contributed by atoms with Crippen LogP contribution in [0.5, 0.6) is 0 Å². The summed E-state index contributed by atoms with van der Waals surface area (Å²) >= 11 is 0. The smallest absolute Gasteiger partial charge is 0.0593 e. The predicted octanol–water partition coefficient (Wildman–Crippen LogP) is 7.25. The first-order valence-electron chi connectivity index (χ1n) is 11.0. The number of hydrogen-bond acceptors (Lipinski definition) is 2. The van der Waals surface area contributed by atoms with Gasteiger partial charge in [-0.15, -0.1) is 12.4 Å². The molecule has 25 heavy (non-hydrogen) atoms. The quantitative estimate of drug-likeness (QED) is 0.207. The van der Waals surface area contributed by atoms with Crippen LogP contribution in [0.3, 0.4) is 0 Å². The second-order valence-electron chi connectivity index (χ2n) is 7.72. The van der Waals surface area contributed by atoms with Crippen LogP contribution in [0.2, 0.25) is 0 Å². The Morgan fingerprint density at radius 1 is 0.520 bits per heavy atom. The normalized spacial score (nSPS) is 11.0. The van der Waals surface area contributed by atoms with Gasteiger partial charge in [-0.25, -0.2) is 0 Å². The van der Waals surface area contributed by atoms with Crippen molar-refractivity contribution in [1.82, 2.24) is 4.90 Å². The fourth-order valence-corrected chi connectivity index (χ4v) is 3.10. The van der Waals surface area contributed by atoms with Gasteiger partial charge < -0.3 is 9.64 Å². The van der Waals surface area contributed by atoms with Crippen LogP contribution in [0.1, 0.15) is 110 Å². The zero-order valence-electron chi connectivity index (χ0n) is 17.7. The van der Waals surface area contributed by atoms with Crippen LogP contribution in [0.25, 0.3) is 0 Å². The lowest BCUT2D eigenvalue weighted by Gasteiger charge is -2.09. The number of hydrogen-bond donors (Lipinski definition) is 0. The number of rotatable bonds is 20. The third-order valence-electron chi connectivity index (χ3n) is 4.83. The van der Waals surface area contributed by atoms with Crippen LogP contribution in [0.4, 0.5) is 0 Å². The van der Waals surface area contributed by atoms with E-state index >= 15 is 0 Å². The molecule has 0 aliphatic heterocycles. The molecule has 154 valence electrons. The van der Waals surface area contributed by atoms with E-state index in [1.807, 2.05) is 0 Å². The average molecular weight is 378 g/mol. The maximum atomic E-state index is 5.62. The zero-order chi connectivity index (χ0) is 17.7. The summed E-state index contributed by atoms with van der Waals surface area (Å²) < 4.78 is 5.62. The van der Waals surface area contributed by atoms with Gasteiger partial charge in [-0.3, -0.25) is 0 Å². The molecule has 0 aromatic carbocycles. The van der Waals surface area contributed by atoms with Crippen LogP contribution < -0.4 is 0 Å². The summed E-state index contributed by atoms with van der Waals surface area (Å²) in [7, 11) is 4.19. The fourth-order valence-electron chi connectivity index (χ4n) is 3.10. The van der Waals surface area contributed by atoms with E-state index < -0.39 is 0 Å². The van der Waals surface area contributed by atoms with Crippen molar-refractivity contribution in [3.63, 3.8) is 0 Å². The first kappa shape index (κ1) is 27.4. The molecule has 0 aromatic rings. The standard InChI is InChI=1S/C22H47NO.ClH/c1-4-5-6-7-8-9-10-11-12-13-14-15-16-17-18-19-21-24-22-20-23(2)3;/h4-22H2,1-3H3;1H. The van der Waals surface area contributed by atoms with Crippen LogP contribution >= 0.6 is 12.4 Å². The molecule has 0 unspecified atom stereocenters. The van der Waals surface area contributed by atoms with E-state index in [1.54, 1.807) is 0 Å². The molecule has 2 nitrogen and oxygen atoms in total. The highest BCUT2D eigenvalue weighted by Crippen LogP contribution is 2.13. The lowest BCUT2D eigenvalue weighted by Crippen LogP contribution is -2.18. The average Bonchev–Trinajstić information content (AvgIpc) is 2.56. The van der Waals surface area contributed by atoms with E-state index in [-0.39, 0.29) is 12.4 Å². The van der Waals surface area contributed by atoms with Crippen LogP contribution in [0, 0.1) is 0 Å². The van der Waals surface area contributed by atoms with Crippen molar-refractivity contribution in [3.8, 4) is 0 Å². The Balaban J connectivity index is 0. The number of halogens is 1. The second kappa shape index (κ2) is 24.2. The molecule has 0 aromatic heterocycles. The van der Waals surface area contributed by atoms with Crippen LogP contribution in [0.15, 0.2) is 0 Å². The molecule has 0 spiro atoms. The summed E-state index contributed by atoms with van der Waals surface area (Å²) in [6.45, 7) is 5.17. The van der Waals surface area contributed by atoms with Gasteiger partial charge in [-0.05, 0) is 20.5 Å². The van der Waals surface area contributed by atoms with Crippen molar-refractivity contribution in [2.45, 2.75) is 110 Å². The predicted molar refractivity (Wildman–Crippen MR) is 116 cm³/mol. The van der Waals surface area contributed by atoms with Crippen molar-refractivity contribution in [3.05, 3.63) is 0 Å². The Labute approximate surface area is 165 Å². The van der Waals surface area contributed by atoms with Crippen molar-refractivity contribution in [2.24, 2.45) is 0 Å². The van der Waals surface area contributed by atoms with Crippen molar-refractivity contribution in [1.29, 1.82) is 0 Å². The maximum absolute atomic E-state index is 5.62. The summed E-state index contributed by atoms with van der Waals surface area (Å²) in [4.78, 5) is 2.17. The molecule has 0 heterocycles. The molecular weight excluding hydrogens is 330 g/mol. The van der Waals surface area contributed by atoms with Gasteiger partial charge in [0.1, 0.15) is 0 Å². The van der Waals surface area contributed by atoms with Crippen molar-refractivity contribution < 1.29 is 4.74 Å². The Kier molecular flexibility index (Phi) is 26.6. The van der Waals surface area contributed by atoms with Crippen LogP contribution in [-0.2, 0) is 4.74 Å². The second-order valence-corrected chi connectivity index (χ2v) is 7.72. The number of ether oxygens (including phenoxy) is 1. The lowest BCUT2D eigenvalue weighted by molar-refractivity contribution is 0.114. The Hall–Kier alpha value is 0.210. The third kappa shape index (κ3) is 26.5. The van der Waals surface area contributed by atoms with Crippen molar-refractivity contribution >= 4 is 12.4 Å². The number of likely N-dealkylation sites (N-methyl/N-ethyl adjacent to an activating group) is 1. The van der Waals surface area contributed by atoms with Crippen molar-refractivity contribution in [2.75, 3.05) is 33.9 Å². The fraction of sp³-hybridized carbons (Fsp3) is 1.00. The molecule has 0 fully saturated rings. The lowest BCUT2D eigenvalue weighted by atomic mass is 10.0. The van der Waals surface area contributed by atoms with E-state index in [4.69, 9.17) is 4.74 Å².